The van der Waals surface area contributed by atoms with Gasteiger partial charge in [0.05, 0.1) is 10.6 Å². The Morgan fingerprint density at radius 3 is 2.12 bits per heavy atom. The largest absolute Gasteiger partial charge is 0.352 e. The van der Waals surface area contributed by atoms with Crippen LogP contribution in [0.4, 0.5) is 5.82 Å². The molecule has 0 saturated carbocycles. The van der Waals surface area contributed by atoms with Crippen molar-refractivity contribution >= 4 is 21.7 Å². The fourth-order valence-electron chi connectivity index (χ4n) is 4.31. The van der Waals surface area contributed by atoms with Gasteiger partial charge in [-0.2, -0.15) is 4.31 Å². The molecule has 5 rings (SSSR count). The van der Waals surface area contributed by atoms with E-state index in [4.69, 9.17) is 0 Å². The lowest BCUT2D eigenvalue weighted by Gasteiger charge is -2.35. The van der Waals surface area contributed by atoms with Gasteiger partial charge in [-0.3, -0.25) is 9.78 Å². The molecule has 2 saturated heterocycles. The Bertz CT molecular complexity index is 1240. The summed E-state index contributed by atoms with van der Waals surface area (Å²) >= 11 is 0. The number of anilines is 1. The van der Waals surface area contributed by atoms with Crippen LogP contribution in [0.1, 0.15) is 23.2 Å². The van der Waals surface area contributed by atoms with Crippen LogP contribution in [0, 0.1) is 0 Å². The van der Waals surface area contributed by atoms with Crippen LogP contribution in [0.2, 0.25) is 0 Å². The highest BCUT2D eigenvalue weighted by Crippen LogP contribution is 2.22. The third kappa shape index (κ3) is 4.51. The van der Waals surface area contributed by atoms with Crippen molar-refractivity contribution in [2.75, 3.05) is 44.2 Å². The van der Waals surface area contributed by atoms with Gasteiger partial charge in [0.2, 0.25) is 10.0 Å². The molecule has 4 heterocycles. The number of benzene rings is 1. The summed E-state index contributed by atoms with van der Waals surface area (Å²) in [6.07, 6.45) is 3.50. The molecule has 0 atom stereocenters. The lowest BCUT2D eigenvalue weighted by atomic mass is 10.2. The van der Waals surface area contributed by atoms with Crippen molar-refractivity contribution in [1.82, 2.24) is 24.4 Å². The number of carbonyl (C=O) groups excluding carboxylic acids is 1. The molecular weight excluding hydrogens is 452 g/mol. The SMILES string of the molecule is O=C(c1ccc(S(=O)(=O)N2CCCC2)cc1)N1CCN(c2ccc(-c3ccccn3)nn2)CC1. The Labute approximate surface area is 199 Å². The quantitative estimate of drug-likeness (QED) is 0.555. The molecule has 0 aliphatic carbocycles. The van der Waals surface area contributed by atoms with E-state index < -0.39 is 10.0 Å². The zero-order valence-electron chi connectivity index (χ0n) is 18.7. The van der Waals surface area contributed by atoms with Crippen molar-refractivity contribution in [3.8, 4) is 11.4 Å². The van der Waals surface area contributed by atoms with Crippen LogP contribution in [0.3, 0.4) is 0 Å². The molecule has 2 fully saturated rings. The summed E-state index contributed by atoms with van der Waals surface area (Å²) in [5, 5.41) is 8.64. The van der Waals surface area contributed by atoms with Crippen LogP contribution in [-0.4, -0.2) is 78.0 Å². The average Bonchev–Trinajstić information content (AvgIpc) is 3.45. The number of aromatic nitrogens is 3. The summed E-state index contributed by atoms with van der Waals surface area (Å²) in [6, 6.07) is 15.8. The van der Waals surface area contributed by atoms with E-state index in [-0.39, 0.29) is 10.8 Å². The summed E-state index contributed by atoms with van der Waals surface area (Å²) in [6.45, 7) is 3.51. The first-order valence-electron chi connectivity index (χ1n) is 11.4. The normalized spacial score (nSPS) is 17.2. The molecule has 0 N–H and O–H groups in total. The number of piperazine rings is 1. The molecule has 2 aliphatic heterocycles. The van der Waals surface area contributed by atoms with E-state index in [9.17, 15) is 13.2 Å². The van der Waals surface area contributed by atoms with E-state index in [0.717, 1.165) is 24.4 Å². The summed E-state index contributed by atoms with van der Waals surface area (Å²) in [5.74, 6) is 0.671. The van der Waals surface area contributed by atoms with Crippen molar-refractivity contribution in [3.63, 3.8) is 0 Å². The van der Waals surface area contributed by atoms with Crippen LogP contribution < -0.4 is 4.90 Å². The molecule has 1 amide bonds. The van der Waals surface area contributed by atoms with Gasteiger partial charge in [-0.05, 0) is 61.4 Å². The molecule has 10 heteroatoms. The third-order valence-corrected chi connectivity index (χ3v) is 8.19. The van der Waals surface area contributed by atoms with Gasteiger partial charge in [0.1, 0.15) is 5.69 Å². The fourth-order valence-corrected chi connectivity index (χ4v) is 5.83. The van der Waals surface area contributed by atoms with Crippen molar-refractivity contribution < 1.29 is 13.2 Å². The van der Waals surface area contributed by atoms with Gasteiger partial charge in [-0.25, -0.2) is 8.42 Å². The molecule has 0 unspecified atom stereocenters. The topological polar surface area (TPSA) is 99.6 Å². The van der Waals surface area contributed by atoms with Crippen LogP contribution in [0.5, 0.6) is 0 Å². The number of sulfonamides is 1. The molecule has 176 valence electrons. The molecule has 9 nitrogen and oxygen atoms in total. The van der Waals surface area contributed by atoms with Gasteiger partial charge in [0.25, 0.3) is 5.91 Å². The van der Waals surface area contributed by atoms with Crippen LogP contribution in [-0.2, 0) is 10.0 Å². The first-order chi connectivity index (χ1) is 16.5. The maximum atomic E-state index is 13.0. The summed E-state index contributed by atoms with van der Waals surface area (Å²) in [4.78, 5) is 21.4. The van der Waals surface area contributed by atoms with Gasteiger partial charge >= 0.3 is 0 Å². The van der Waals surface area contributed by atoms with Gasteiger partial charge < -0.3 is 9.80 Å². The number of carbonyl (C=O) groups is 1. The minimum absolute atomic E-state index is 0.0960. The first-order valence-corrected chi connectivity index (χ1v) is 12.9. The Hall–Kier alpha value is -3.37. The van der Waals surface area contributed by atoms with E-state index in [0.29, 0.717) is 50.5 Å². The molecule has 0 radical (unpaired) electrons. The van der Waals surface area contributed by atoms with Crippen molar-refractivity contribution in [2.24, 2.45) is 0 Å². The molecule has 0 bridgehead atoms. The fraction of sp³-hybridized carbons (Fsp3) is 0.333. The smallest absolute Gasteiger partial charge is 0.253 e. The predicted octanol–water partition coefficient (Wildman–Crippen LogP) is 2.29. The number of pyridine rings is 1. The zero-order chi connectivity index (χ0) is 23.5. The lowest BCUT2D eigenvalue weighted by molar-refractivity contribution is 0.0746. The number of hydrogen-bond donors (Lipinski definition) is 0. The molecule has 1 aromatic carbocycles. The van der Waals surface area contributed by atoms with E-state index in [1.54, 1.807) is 23.2 Å². The Morgan fingerprint density at radius 2 is 1.50 bits per heavy atom. The van der Waals surface area contributed by atoms with E-state index in [1.165, 1.54) is 16.4 Å². The maximum Gasteiger partial charge on any atom is 0.253 e. The van der Waals surface area contributed by atoms with E-state index in [1.807, 2.05) is 30.3 Å². The summed E-state index contributed by atoms with van der Waals surface area (Å²) < 4.78 is 26.9. The van der Waals surface area contributed by atoms with Crippen molar-refractivity contribution in [2.45, 2.75) is 17.7 Å². The number of nitrogens with zero attached hydrogens (tertiary/aromatic N) is 6. The molecular formula is C24H26N6O3S. The standard InChI is InChI=1S/C24H26N6O3S/c31-24(19-6-8-20(9-7-19)34(32,33)30-13-3-4-14-30)29-17-15-28(16-18-29)23-11-10-22(26-27-23)21-5-1-2-12-25-21/h1-2,5-12H,3-4,13-18H2. The van der Waals surface area contributed by atoms with Crippen molar-refractivity contribution in [3.05, 3.63) is 66.4 Å². The van der Waals surface area contributed by atoms with E-state index >= 15 is 0 Å². The second-order valence-corrected chi connectivity index (χ2v) is 10.3. The van der Waals surface area contributed by atoms with E-state index in [2.05, 4.69) is 20.1 Å². The molecule has 34 heavy (non-hydrogen) atoms. The maximum absolute atomic E-state index is 13.0. The van der Waals surface area contributed by atoms with Crippen LogP contribution >= 0.6 is 0 Å². The van der Waals surface area contributed by atoms with Crippen LogP contribution in [0.15, 0.2) is 65.7 Å². The lowest BCUT2D eigenvalue weighted by Crippen LogP contribution is -2.49. The van der Waals surface area contributed by atoms with Crippen LogP contribution in [0.25, 0.3) is 11.4 Å². The minimum atomic E-state index is -3.48. The highest BCUT2D eigenvalue weighted by atomic mass is 32.2. The molecule has 3 aromatic rings. The number of hydrogen-bond acceptors (Lipinski definition) is 7. The first kappa shape index (κ1) is 22.4. The van der Waals surface area contributed by atoms with Gasteiger partial charge in [0.15, 0.2) is 5.82 Å². The number of amides is 1. The highest BCUT2D eigenvalue weighted by Gasteiger charge is 2.28. The van der Waals surface area contributed by atoms with Gasteiger partial charge in [0, 0.05) is 51.0 Å². The highest BCUT2D eigenvalue weighted by molar-refractivity contribution is 7.89. The van der Waals surface area contributed by atoms with Gasteiger partial charge in [-0.15, -0.1) is 10.2 Å². The van der Waals surface area contributed by atoms with Gasteiger partial charge in [-0.1, -0.05) is 6.07 Å². The summed E-state index contributed by atoms with van der Waals surface area (Å²) in [5.41, 5.74) is 1.98. The minimum Gasteiger partial charge on any atom is -0.352 e. The van der Waals surface area contributed by atoms with Crippen molar-refractivity contribution in [1.29, 1.82) is 0 Å². The second kappa shape index (κ2) is 9.47. The monoisotopic (exact) mass is 478 g/mol. The zero-order valence-corrected chi connectivity index (χ0v) is 19.6. The average molecular weight is 479 g/mol. The predicted molar refractivity (Wildman–Crippen MR) is 128 cm³/mol. The third-order valence-electron chi connectivity index (χ3n) is 6.27. The Morgan fingerprint density at radius 1 is 0.765 bits per heavy atom. The molecule has 2 aliphatic rings. The Kier molecular flexibility index (Phi) is 6.25. The molecule has 0 spiro atoms. The Balaban J connectivity index is 1.20. The molecule has 2 aromatic heterocycles. The second-order valence-electron chi connectivity index (χ2n) is 8.41. The summed E-state index contributed by atoms with van der Waals surface area (Å²) in [7, 11) is -3.48. The number of rotatable bonds is 5.